The van der Waals surface area contributed by atoms with Crippen LogP contribution in [-0.2, 0) is 15.6 Å². The van der Waals surface area contributed by atoms with E-state index in [-0.39, 0.29) is 16.7 Å². The zero-order valence-electron chi connectivity index (χ0n) is 19.6. The number of guanidine groups is 1. The molecule has 1 saturated carbocycles. The number of hydrogen-bond acceptors (Lipinski definition) is 2. The molecule has 1 amide bonds. The van der Waals surface area contributed by atoms with Crippen LogP contribution in [0.4, 0.5) is 0 Å². The van der Waals surface area contributed by atoms with Crippen molar-refractivity contribution in [2.24, 2.45) is 10.9 Å². The Morgan fingerprint density at radius 1 is 1.17 bits per heavy atom. The van der Waals surface area contributed by atoms with E-state index in [0.717, 1.165) is 38.4 Å². The zero-order chi connectivity index (χ0) is 21.8. The van der Waals surface area contributed by atoms with Crippen molar-refractivity contribution < 1.29 is 4.79 Å². The summed E-state index contributed by atoms with van der Waals surface area (Å²) in [5.74, 6) is 1.64. The zero-order valence-corrected chi connectivity index (χ0v) is 19.6. The molecule has 0 radical (unpaired) electrons. The molecule has 1 heterocycles. The normalized spacial score (nSPS) is 19.9. The summed E-state index contributed by atoms with van der Waals surface area (Å²) in [5.41, 5.74) is 3.26. The summed E-state index contributed by atoms with van der Waals surface area (Å²) in [4.78, 5) is 18.6. The van der Waals surface area contributed by atoms with Gasteiger partial charge in [-0.3, -0.25) is 9.79 Å². The van der Waals surface area contributed by atoms with Gasteiger partial charge in [0.25, 0.3) is 0 Å². The van der Waals surface area contributed by atoms with Gasteiger partial charge >= 0.3 is 0 Å². The second kappa shape index (κ2) is 9.40. The molecule has 3 rings (SSSR count). The molecule has 1 aliphatic carbocycles. The number of carbonyl (C=O) groups excluding carboxylic acids is 1. The molecule has 0 bridgehead atoms. The lowest BCUT2D eigenvalue weighted by Crippen LogP contribution is -2.51. The fourth-order valence-corrected chi connectivity index (χ4v) is 4.79. The number of rotatable bonds is 5. The Morgan fingerprint density at radius 2 is 1.80 bits per heavy atom. The third kappa shape index (κ3) is 5.16. The quantitative estimate of drug-likeness (QED) is 0.571. The van der Waals surface area contributed by atoms with Gasteiger partial charge in [-0.25, -0.2) is 0 Å². The van der Waals surface area contributed by atoms with Crippen molar-refractivity contribution in [2.45, 2.75) is 70.1 Å². The van der Waals surface area contributed by atoms with Crippen LogP contribution in [0.2, 0.25) is 0 Å². The first-order chi connectivity index (χ1) is 14.3. The standard InChI is InChI=1S/C25H40N4O/c1-24(2,3)20-7-9-21(10-8-20)25(13-6-14-25)18-28-23(27-5)29-15-11-19(12-16-29)17-22(30)26-4/h7-10,19H,6,11-18H2,1-5H3,(H,26,30)(H,27,28). The van der Waals surface area contributed by atoms with E-state index in [1.165, 1.54) is 30.4 Å². The molecule has 2 aliphatic rings. The lowest BCUT2D eigenvalue weighted by Gasteiger charge is -2.44. The Bertz CT molecular complexity index is 735. The van der Waals surface area contributed by atoms with Crippen LogP contribution in [0.1, 0.15) is 70.4 Å². The van der Waals surface area contributed by atoms with Gasteiger partial charge in [0.05, 0.1) is 0 Å². The molecule has 1 aliphatic heterocycles. The molecule has 1 saturated heterocycles. The number of nitrogens with zero attached hydrogens (tertiary/aromatic N) is 2. The van der Waals surface area contributed by atoms with E-state index < -0.39 is 0 Å². The van der Waals surface area contributed by atoms with Crippen molar-refractivity contribution >= 4 is 11.9 Å². The molecule has 0 spiro atoms. The number of carbonyl (C=O) groups is 1. The molecule has 0 atom stereocenters. The van der Waals surface area contributed by atoms with Crippen molar-refractivity contribution in [3.8, 4) is 0 Å². The second-order valence-electron chi connectivity index (χ2n) is 10.2. The monoisotopic (exact) mass is 412 g/mol. The first kappa shape index (κ1) is 22.6. The van der Waals surface area contributed by atoms with Gasteiger partial charge in [-0.15, -0.1) is 0 Å². The summed E-state index contributed by atoms with van der Waals surface area (Å²) in [6, 6.07) is 9.30. The van der Waals surface area contributed by atoms with E-state index in [1.54, 1.807) is 7.05 Å². The number of nitrogens with one attached hydrogen (secondary N) is 2. The molecule has 1 aromatic rings. The van der Waals surface area contributed by atoms with Gasteiger partial charge in [0.1, 0.15) is 0 Å². The highest BCUT2D eigenvalue weighted by atomic mass is 16.1. The largest absolute Gasteiger partial charge is 0.359 e. The lowest BCUT2D eigenvalue weighted by atomic mass is 9.64. The van der Waals surface area contributed by atoms with Crippen molar-refractivity contribution in [1.29, 1.82) is 0 Å². The average molecular weight is 413 g/mol. The van der Waals surface area contributed by atoms with Gasteiger partial charge in [-0.2, -0.15) is 0 Å². The average Bonchev–Trinajstić information content (AvgIpc) is 2.70. The Labute approximate surface area is 182 Å². The summed E-state index contributed by atoms with van der Waals surface area (Å²) in [5, 5.41) is 6.43. The number of amides is 1. The Morgan fingerprint density at radius 3 is 2.27 bits per heavy atom. The minimum Gasteiger partial charge on any atom is -0.359 e. The predicted octanol–water partition coefficient (Wildman–Crippen LogP) is 3.83. The number of aliphatic imine (C=N–C) groups is 1. The SMILES string of the molecule is CN=C(NCC1(c2ccc(C(C)(C)C)cc2)CCC1)N1CCC(CC(=O)NC)CC1. The third-order valence-corrected chi connectivity index (χ3v) is 7.14. The molecule has 166 valence electrons. The van der Waals surface area contributed by atoms with Crippen molar-refractivity contribution in [3.63, 3.8) is 0 Å². The molecule has 2 N–H and O–H groups in total. The number of piperidine rings is 1. The third-order valence-electron chi connectivity index (χ3n) is 7.14. The van der Waals surface area contributed by atoms with E-state index in [2.05, 4.69) is 65.6 Å². The topological polar surface area (TPSA) is 56.7 Å². The maximum Gasteiger partial charge on any atom is 0.220 e. The fourth-order valence-electron chi connectivity index (χ4n) is 4.79. The van der Waals surface area contributed by atoms with E-state index in [0.29, 0.717) is 12.3 Å². The van der Waals surface area contributed by atoms with E-state index in [9.17, 15) is 4.79 Å². The summed E-state index contributed by atoms with van der Waals surface area (Å²) >= 11 is 0. The Kier molecular flexibility index (Phi) is 7.10. The van der Waals surface area contributed by atoms with Gasteiger partial charge in [0.15, 0.2) is 5.96 Å². The summed E-state index contributed by atoms with van der Waals surface area (Å²) < 4.78 is 0. The van der Waals surface area contributed by atoms with Crippen LogP contribution in [0.25, 0.3) is 0 Å². The molecule has 0 unspecified atom stereocenters. The fraction of sp³-hybridized carbons (Fsp3) is 0.680. The molecule has 1 aromatic carbocycles. The predicted molar refractivity (Wildman–Crippen MR) is 125 cm³/mol. The van der Waals surface area contributed by atoms with E-state index in [1.807, 2.05) is 7.05 Å². The molecule has 5 heteroatoms. The number of benzene rings is 1. The maximum atomic E-state index is 11.7. The molecule has 30 heavy (non-hydrogen) atoms. The van der Waals surface area contributed by atoms with Gasteiger partial charge < -0.3 is 15.5 Å². The summed E-state index contributed by atoms with van der Waals surface area (Å²) in [6.07, 6.45) is 6.51. The van der Waals surface area contributed by atoms with Gasteiger partial charge in [-0.1, -0.05) is 51.5 Å². The molecule has 5 nitrogen and oxygen atoms in total. The van der Waals surface area contributed by atoms with Gasteiger partial charge in [0, 0.05) is 45.6 Å². The minimum atomic E-state index is 0.153. The van der Waals surface area contributed by atoms with Crippen molar-refractivity contribution in [2.75, 3.05) is 33.7 Å². The molecular formula is C25H40N4O. The Balaban J connectivity index is 1.58. The second-order valence-corrected chi connectivity index (χ2v) is 10.2. The Hall–Kier alpha value is -2.04. The first-order valence-corrected chi connectivity index (χ1v) is 11.5. The van der Waals surface area contributed by atoms with Gasteiger partial charge in [-0.05, 0) is 48.1 Å². The summed E-state index contributed by atoms with van der Waals surface area (Å²) in [6.45, 7) is 9.68. The van der Waals surface area contributed by atoms with Crippen LogP contribution in [0.15, 0.2) is 29.3 Å². The van der Waals surface area contributed by atoms with Crippen LogP contribution >= 0.6 is 0 Å². The van der Waals surface area contributed by atoms with Crippen LogP contribution in [0.5, 0.6) is 0 Å². The van der Waals surface area contributed by atoms with Crippen LogP contribution in [0, 0.1) is 5.92 Å². The van der Waals surface area contributed by atoms with Crippen LogP contribution < -0.4 is 10.6 Å². The van der Waals surface area contributed by atoms with E-state index in [4.69, 9.17) is 0 Å². The first-order valence-electron chi connectivity index (χ1n) is 11.5. The van der Waals surface area contributed by atoms with Crippen LogP contribution in [0.3, 0.4) is 0 Å². The summed E-state index contributed by atoms with van der Waals surface area (Å²) in [7, 11) is 3.60. The number of likely N-dealkylation sites (tertiary alicyclic amines) is 1. The molecule has 2 fully saturated rings. The smallest absolute Gasteiger partial charge is 0.220 e. The lowest BCUT2D eigenvalue weighted by molar-refractivity contribution is -0.121. The van der Waals surface area contributed by atoms with Crippen molar-refractivity contribution in [3.05, 3.63) is 35.4 Å². The highest BCUT2D eigenvalue weighted by molar-refractivity contribution is 5.80. The number of hydrogen-bond donors (Lipinski definition) is 2. The van der Waals surface area contributed by atoms with Gasteiger partial charge in [0.2, 0.25) is 5.91 Å². The highest BCUT2D eigenvalue weighted by Gasteiger charge is 2.39. The molecule has 0 aromatic heterocycles. The van der Waals surface area contributed by atoms with Crippen molar-refractivity contribution in [1.82, 2.24) is 15.5 Å². The maximum absolute atomic E-state index is 11.7. The highest BCUT2D eigenvalue weighted by Crippen LogP contribution is 2.43. The molecular weight excluding hydrogens is 372 g/mol. The van der Waals surface area contributed by atoms with Crippen LogP contribution in [-0.4, -0.2) is 50.5 Å². The van der Waals surface area contributed by atoms with E-state index >= 15 is 0 Å². The minimum absolute atomic E-state index is 0.153.